The van der Waals surface area contributed by atoms with Crippen LogP contribution >= 0.6 is 31.9 Å². The molecular weight excluding hydrogens is 398 g/mol. The van der Waals surface area contributed by atoms with Crippen LogP contribution in [0.4, 0.5) is 0 Å². The smallest absolute Gasteiger partial charge is 0.147 e. The summed E-state index contributed by atoms with van der Waals surface area (Å²) < 4.78 is 7.52. The van der Waals surface area contributed by atoms with Crippen molar-refractivity contribution in [1.29, 1.82) is 0 Å². The van der Waals surface area contributed by atoms with Crippen molar-refractivity contribution in [2.75, 3.05) is 13.2 Å². The first-order valence-corrected chi connectivity index (χ1v) is 9.20. The molecule has 0 spiro atoms. The predicted octanol–water partition coefficient (Wildman–Crippen LogP) is 4.25. The fourth-order valence-corrected chi connectivity index (χ4v) is 4.33. The van der Waals surface area contributed by atoms with E-state index in [-0.39, 0.29) is 6.10 Å². The molecule has 1 aromatic carbocycles. The van der Waals surface area contributed by atoms with E-state index in [1.165, 1.54) is 12.0 Å². The summed E-state index contributed by atoms with van der Waals surface area (Å²) in [6.07, 6.45) is 4.35. The van der Waals surface area contributed by atoms with Crippen LogP contribution in [0.25, 0.3) is 0 Å². The largest absolute Gasteiger partial charge is 0.492 e. The number of nitrogens with one attached hydrogen (secondary N) is 1. The molecule has 2 atom stereocenters. The van der Waals surface area contributed by atoms with Crippen LogP contribution < -0.4 is 10.1 Å². The van der Waals surface area contributed by atoms with E-state index in [0.717, 1.165) is 47.0 Å². The molecule has 21 heavy (non-hydrogen) atoms. The molecule has 1 aliphatic carbocycles. The molecule has 0 saturated heterocycles. The van der Waals surface area contributed by atoms with Crippen molar-refractivity contribution in [3.8, 4) is 5.75 Å². The van der Waals surface area contributed by atoms with Crippen LogP contribution in [-0.2, 0) is 6.54 Å². The molecule has 0 heterocycles. The molecular formula is C16H23Br2NO2. The maximum absolute atomic E-state index is 9.98. The van der Waals surface area contributed by atoms with Crippen molar-refractivity contribution in [2.24, 2.45) is 5.92 Å². The second-order valence-electron chi connectivity index (χ2n) is 5.56. The molecule has 2 unspecified atom stereocenters. The SMILES string of the molecule is CCOc1c(Br)cc(CNCC2CCCCC2O)cc1Br. The van der Waals surface area contributed by atoms with Crippen molar-refractivity contribution in [2.45, 2.75) is 45.3 Å². The van der Waals surface area contributed by atoms with Crippen LogP contribution in [0.3, 0.4) is 0 Å². The highest BCUT2D eigenvalue weighted by molar-refractivity contribution is 9.11. The topological polar surface area (TPSA) is 41.5 Å². The van der Waals surface area contributed by atoms with Crippen LogP contribution in [-0.4, -0.2) is 24.4 Å². The summed E-state index contributed by atoms with van der Waals surface area (Å²) in [4.78, 5) is 0. The predicted molar refractivity (Wildman–Crippen MR) is 92.7 cm³/mol. The quantitative estimate of drug-likeness (QED) is 0.722. The highest BCUT2D eigenvalue weighted by Crippen LogP contribution is 2.34. The monoisotopic (exact) mass is 419 g/mol. The Labute approximate surface area is 143 Å². The summed E-state index contributed by atoms with van der Waals surface area (Å²) >= 11 is 7.11. The molecule has 1 aliphatic rings. The van der Waals surface area contributed by atoms with E-state index in [4.69, 9.17) is 4.74 Å². The van der Waals surface area contributed by atoms with E-state index < -0.39 is 0 Å². The zero-order chi connectivity index (χ0) is 15.2. The van der Waals surface area contributed by atoms with Gasteiger partial charge in [-0.25, -0.2) is 0 Å². The number of benzene rings is 1. The van der Waals surface area contributed by atoms with Gasteiger partial charge in [0.1, 0.15) is 5.75 Å². The van der Waals surface area contributed by atoms with Gasteiger partial charge in [-0.15, -0.1) is 0 Å². The molecule has 0 bridgehead atoms. The summed E-state index contributed by atoms with van der Waals surface area (Å²) in [6, 6.07) is 4.17. The fourth-order valence-electron chi connectivity index (χ4n) is 2.82. The van der Waals surface area contributed by atoms with Crippen LogP contribution in [0.1, 0.15) is 38.2 Å². The second kappa shape index (κ2) is 8.51. The van der Waals surface area contributed by atoms with Gasteiger partial charge in [-0.2, -0.15) is 0 Å². The van der Waals surface area contributed by atoms with E-state index in [2.05, 4.69) is 49.3 Å². The molecule has 1 aromatic rings. The Morgan fingerprint density at radius 3 is 2.52 bits per heavy atom. The van der Waals surface area contributed by atoms with Gasteiger partial charge >= 0.3 is 0 Å². The number of aliphatic hydroxyl groups excluding tert-OH is 1. The Hall–Kier alpha value is -0.100. The number of hydrogen-bond donors (Lipinski definition) is 2. The summed E-state index contributed by atoms with van der Waals surface area (Å²) in [7, 11) is 0. The van der Waals surface area contributed by atoms with E-state index in [0.29, 0.717) is 12.5 Å². The van der Waals surface area contributed by atoms with Gasteiger partial charge in [-0.05, 0) is 75.2 Å². The lowest BCUT2D eigenvalue weighted by Crippen LogP contribution is -2.33. The number of ether oxygens (including phenoxy) is 1. The van der Waals surface area contributed by atoms with Gasteiger partial charge in [0.15, 0.2) is 0 Å². The van der Waals surface area contributed by atoms with Crippen LogP contribution in [0.15, 0.2) is 21.1 Å². The average Bonchev–Trinajstić information content (AvgIpc) is 2.45. The Morgan fingerprint density at radius 2 is 1.90 bits per heavy atom. The number of rotatable bonds is 6. The maximum atomic E-state index is 9.98. The first-order chi connectivity index (χ1) is 10.1. The Balaban J connectivity index is 1.88. The van der Waals surface area contributed by atoms with E-state index in [1.54, 1.807) is 0 Å². The van der Waals surface area contributed by atoms with Gasteiger partial charge < -0.3 is 15.2 Å². The summed E-state index contributed by atoms with van der Waals surface area (Å²) in [6.45, 7) is 4.30. The van der Waals surface area contributed by atoms with Gasteiger partial charge in [0.25, 0.3) is 0 Å². The van der Waals surface area contributed by atoms with Crippen LogP contribution in [0, 0.1) is 5.92 Å². The standard InChI is InChI=1S/C16H23Br2NO2/c1-2-21-16-13(17)7-11(8-14(16)18)9-19-10-12-5-3-4-6-15(12)20/h7-8,12,15,19-20H,2-6,9-10H2,1H3. The summed E-state index contributed by atoms with van der Waals surface area (Å²) in [5, 5.41) is 13.4. The third kappa shape index (κ3) is 4.95. The van der Waals surface area contributed by atoms with Crippen molar-refractivity contribution in [3.63, 3.8) is 0 Å². The average molecular weight is 421 g/mol. The lowest BCUT2D eigenvalue weighted by molar-refractivity contribution is 0.0695. The van der Waals surface area contributed by atoms with Crippen molar-refractivity contribution in [3.05, 3.63) is 26.6 Å². The van der Waals surface area contributed by atoms with Crippen molar-refractivity contribution >= 4 is 31.9 Å². The summed E-state index contributed by atoms with van der Waals surface area (Å²) in [5.74, 6) is 1.25. The van der Waals surface area contributed by atoms with Gasteiger partial charge in [-0.1, -0.05) is 12.8 Å². The minimum absolute atomic E-state index is 0.134. The molecule has 3 nitrogen and oxygen atoms in total. The molecule has 1 fully saturated rings. The third-order valence-electron chi connectivity index (χ3n) is 3.95. The van der Waals surface area contributed by atoms with Gasteiger partial charge in [0, 0.05) is 13.1 Å². The second-order valence-corrected chi connectivity index (χ2v) is 7.27. The Bertz CT molecular complexity index is 445. The maximum Gasteiger partial charge on any atom is 0.147 e. The molecule has 0 aromatic heterocycles. The van der Waals surface area contributed by atoms with E-state index in [1.807, 2.05) is 6.92 Å². The fraction of sp³-hybridized carbons (Fsp3) is 0.625. The normalized spacial score (nSPS) is 22.3. The van der Waals surface area contributed by atoms with E-state index >= 15 is 0 Å². The first kappa shape index (κ1) is 17.3. The summed E-state index contributed by atoms with van der Waals surface area (Å²) in [5.41, 5.74) is 1.20. The molecule has 0 amide bonds. The number of aliphatic hydroxyl groups is 1. The lowest BCUT2D eigenvalue weighted by atomic mass is 9.86. The Morgan fingerprint density at radius 1 is 1.24 bits per heavy atom. The minimum atomic E-state index is -0.134. The highest BCUT2D eigenvalue weighted by Gasteiger charge is 2.22. The zero-order valence-electron chi connectivity index (χ0n) is 12.4. The molecule has 0 aliphatic heterocycles. The van der Waals surface area contributed by atoms with Crippen LogP contribution in [0.2, 0.25) is 0 Å². The number of halogens is 2. The van der Waals surface area contributed by atoms with Crippen molar-refractivity contribution < 1.29 is 9.84 Å². The van der Waals surface area contributed by atoms with Crippen molar-refractivity contribution in [1.82, 2.24) is 5.32 Å². The molecule has 1 saturated carbocycles. The zero-order valence-corrected chi connectivity index (χ0v) is 15.5. The number of hydrogen-bond acceptors (Lipinski definition) is 3. The Kier molecular flexibility index (Phi) is 6.99. The molecule has 0 radical (unpaired) electrons. The lowest BCUT2D eigenvalue weighted by Gasteiger charge is -2.27. The molecule has 5 heteroatoms. The van der Waals surface area contributed by atoms with Gasteiger partial charge in [0.05, 0.1) is 21.7 Å². The van der Waals surface area contributed by atoms with Gasteiger partial charge in [0.2, 0.25) is 0 Å². The minimum Gasteiger partial charge on any atom is -0.492 e. The highest BCUT2D eigenvalue weighted by atomic mass is 79.9. The first-order valence-electron chi connectivity index (χ1n) is 7.61. The van der Waals surface area contributed by atoms with Gasteiger partial charge in [-0.3, -0.25) is 0 Å². The molecule has 118 valence electrons. The molecule has 2 rings (SSSR count). The van der Waals surface area contributed by atoms with Crippen LogP contribution in [0.5, 0.6) is 5.75 Å². The molecule has 2 N–H and O–H groups in total. The van der Waals surface area contributed by atoms with E-state index in [9.17, 15) is 5.11 Å². The third-order valence-corrected chi connectivity index (χ3v) is 5.13.